The Morgan fingerprint density at radius 1 is 1.11 bits per heavy atom. The number of hydrogen-bond acceptors (Lipinski definition) is 2. The van der Waals surface area contributed by atoms with Crippen molar-refractivity contribution >= 4 is 17.4 Å². The Morgan fingerprint density at radius 2 is 1.94 bits per heavy atom. The van der Waals surface area contributed by atoms with Crippen molar-refractivity contribution in [1.29, 1.82) is 0 Å². The minimum Gasteiger partial charge on any atom is -0.384 e. The molecule has 2 rings (SSSR count). The van der Waals surface area contributed by atoms with Crippen LogP contribution < -0.4 is 5.32 Å². The van der Waals surface area contributed by atoms with Crippen LogP contribution in [0.5, 0.6) is 0 Å². The van der Waals surface area contributed by atoms with Crippen LogP contribution in [0.3, 0.4) is 0 Å². The van der Waals surface area contributed by atoms with Crippen molar-refractivity contribution in [3.63, 3.8) is 0 Å². The molecule has 0 aliphatic rings. The number of rotatable bonds is 5. The van der Waals surface area contributed by atoms with E-state index in [1.165, 1.54) is 11.6 Å². The molecule has 0 fully saturated rings. The van der Waals surface area contributed by atoms with Crippen molar-refractivity contribution in [1.82, 2.24) is 0 Å². The number of halogens is 1. The quantitative estimate of drug-likeness (QED) is 0.635. The molecule has 1 nitrogen and oxygen atoms in total. The molecule has 0 atom stereocenters. The van der Waals surface area contributed by atoms with Crippen molar-refractivity contribution in [2.45, 2.75) is 11.8 Å². The first-order valence-electron chi connectivity index (χ1n) is 5.93. The van der Waals surface area contributed by atoms with E-state index >= 15 is 0 Å². The summed E-state index contributed by atoms with van der Waals surface area (Å²) in [7, 11) is 0. The highest BCUT2D eigenvalue weighted by atomic mass is 32.2. The van der Waals surface area contributed by atoms with Gasteiger partial charge < -0.3 is 5.32 Å². The summed E-state index contributed by atoms with van der Waals surface area (Å²) in [6.07, 6.45) is 0. The molecular weight excluding hydrogens is 245 g/mol. The van der Waals surface area contributed by atoms with Crippen LogP contribution in [0.2, 0.25) is 0 Å². The van der Waals surface area contributed by atoms with Crippen molar-refractivity contribution in [2.75, 3.05) is 17.6 Å². The maximum Gasteiger partial charge on any atom is 0.124 e. The Morgan fingerprint density at radius 3 is 2.72 bits per heavy atom. The van der Waals surface area contributed by atoms with Gasteiger partial charge in [-0.1, -0.05) is 18.2 Å². The molecule has 0 saturated heterocycles. The lowest BCUT2D eigenvalue weighted by atomic mass is 10.2. The van der Waals surface area contributed by atoms with Gasteiger partial charge in [0.05, 0.1) is 0 Å². The summed E-state index contributed by atoms with van der Waals surface area (Å²) >= 11 is 1.66. The third-order valence-corrected chi connectivity index (χ3v) is 3.51. The van der Waals surface area contributed by atoms with Crippen molar-refractivity contribution in [3.05, 3.63) is 59.9 Å². The Bertz CT molecular complexity index is 466. The van der Waals surface area contributed by atoms with Gasteiger partial charge in [0.2, 0.25) is 0 Å². The molecule has 0 aliphatic carbocycles. The van der Waals surface area contributed by atoms with Crippen LogP contribution in [0.4, 0.5) is 10.1 Å². The fourth-order valence-corrected chi connectivity index (χ4v) is 2.49. The molecule has 0 aliphatic heterocycles. The first-order chi connectivity index (χ1) is 8.74. The topological polar surface area (TPSA) is 12.0 Å². The van der Waals surface area contributed by atoms with Gasteiger partial charge in [0, 0.05) is 22.9 Å². The summed E-state index contributed by atoms with van der Waals surface area (Å²) in [5.74, 6) is 0.740. The maximum atomic E-state index is 13.0. The van der Waals surface area contributed by atoms with Gasteiger partial charge in [0.1, 0.15) is 5.82 Å². The van der Waals surface area contributed by atoms with Gasteiger partial charge in [-0.05, 0) is 42.8 Å². The van der Waals surface area contributed by atoms with Crippen LogP contribution in [-0.4, -0.2) is 12.3 Å². The zero-order valence-electron chi connectivity index (χ0n) is 10.3. The molecule has 0 aromatic heterocycles. The first-order valence-corrected chi connectivity index (χ1v) is 6.91. The molecule has 0 saturated carbocycles. The summed E-state index contributed by atoms with van der Waals surface area (Å²) in [5.41, 5.74) is 2.38. The molecule has 0 heterocycles. The monoisotopic (exact) mass is 261 g/mol. The SMILES string of the molecule is Cc1cccc(NCCSc2cccc(F)c2)c1. The lowest BCUT2D eigenvalue weighted by Crippen LogP contribution is -2.03. The highest BCUT2D eigenvalue weighted by Gasteiger charge is 1.96. The van der Waals surface area contributed by atoms with E-state index < -0.39 is 0 Å². The Hall–Kier alpha value is -1.48. The van der Waals surface area contributed by atoms with Crippen LogP contribution >= 0.6 is 11.8 Å². The number of benzene rings is 2. The number of thioether (sulfide) groups is 1. The molecule has 2 aromatic carbocycles. The van der Waals surface area contributed by atoms with E-state index in [1.54, 1.807) is 23.9 Å². The summed E-state index contributed by atoms with van der Waals surface area (Å²) in [4.78, 5) is 0.973. The Kier molecular flexibility index (Phi) is 4.65. The van der Waals surface area contributed by atoms with Crippen molar-refractivity contribution in [3.8, 4) is 0 Å². The highest BCUT2D eigenvalue weighted by Crippen LogP contribution is 2.18. The first kappa shape index (κ1) is 13.0. The maximum absolute atomic E-state index is 13.0. The van der Waals surface area contributed by atoms with Gasteiger partial charge in [-0.25, -0.2) is 4.39 Å². The van der Waals surface area contributed by atoms with E-state index in [9.17, 15) is 4.39 Å². The molecule has 94 valence electrons. The second-order valence-corrected chi connectivity index (χ2v) is 5.27. The highest BCUT2D eigenvalue weighted by molar-refractivity contribution is 7.99. The standard InChI is InChI=1S/C15H16FNS/c1-12-4-2-6-14(10-12)17-8-9-18-15-7-3-5-13(16)11-15/h2-7,10-11,17H,8-9H2,1H3. The molecule has 0 unspecified atom stereocenters. The summed E-state index contributed by atoms with van der Waals surface area (Å²) in [6.45, 7) is 2.94. The summed E-state index contributed by atoms with van der Waals surface area (Å²) in [5, 5.41) is 3.36. The van der Waals surface area contributed by atoms with E-state index in [0.29, 0.717) is 0 Å². The van der Waals surface area contributed by atoms with Crippen LogP contribution in [0.15, 0.2) is 53.4 Å². The average Bonchev–Trinajstić information content (AvgIpc) is 2.35. The van der Waals surface area contributed by atoms with E-state index in [4.69, 9.17) is 0 Å². The van der Waals surface area contributed by atoms with Gasteiger partial charge in [-0.15, -0.1) is 11.8 Å². The minimum absolute atomic E-state index is 0.174. The van der Waals surface area contributed by atoms with Crippen LogP contribution in [0.25, 0.3) is 0 Å². The lowest BCUT2D eigenvalue weighted by molar-refractivity contribution is 0.624. The molecule has 1 N–H and O–H groups in total. The van der Waals surface area contributed by atoms with Gasteiger partial charge in [-0.2, -0.15) is 0 Å². The van der Waals surface area contributed by atoms with Gasteiger partial charge >= 0.3 is 0 Å². The molecule has 0 amide bonds. The van der Waals surface area contributed by atoms with Crippen LogP contribution in [0.1, 0.15) is 5.56 Å². The Labute approximate surface area is 111 Å². The average molecular weight is 261 g/mol. The van der Waals surface area contributed by atoms with Gasteiger partial charge in [0.25, 0.3) is 0 Å². The number of aryl methyl sites for hydroxylation is 1. The van der Waals surface area contributed by atoms with E-state index in [-0.39, 0.29) is 5.82 Å². The second kappa shape index (κ2) is 6.45. The number of anilines is 1. The molecule has 2 aromatic rings. The number of hydrogen-bond donors (Lipinski definition) is 1. The smallest absolute Gasteiger partial charge is 0.124 e. The normalized spacial score (nSPS) is 10.3. The van der Waals surface area contributed by atoms with Gasteiger partial charge in [-0.3, -0.25) is 0 Å². The minimum atomic E-state index is -0.174. The molecule has 0 spiro atoms. The summed E-state index contributed by atoms with van der Waals surface area (Å²) in [6, 6.07) is 15.0. The van der Waals surface area contributed by atoms with Gasteiger partial charge in [0.15, 0.2) is 0 Å². The number of nitrogens with one attached hydrogen (secondary N) is 1. The zero-order chi connectivity index (χ0) is 12.8. The summed E-state index contributed by atoms with van der Waals surface area (Å²) < 4.78 is 13.0. The third-order valence-electron chi connectivity index (χ3n) is 2.51. The zero-order valence-corrected chi connectivity index (χ0v) is 11.1. The molecule has 0 radical (unpaired) electrons. The molecular formula is C15H16FNS. The van der Waals surface area contributed by atoms with Crippen molar-refractivity contribution < 1.29 is 4.39 Å². The Balaban J connectivity index is 1.76. The van der Waals surface area contributed by atoms with Crippen molar-refractivity contribution in [2.24, 2.45) is 0 Å². The molecule has 0 bridgehead atoms. The van der Waals surface area contributed by atoms with E-state index in [0.717, 1.165) is 22.9 Å². The van der Waals surface area contributed by atoms with Crippen LogP contribution in [0, 0.1) is 12.7 Å². The fraction of sp³-hybridized carbons (Fsp3) is 0.200. The molecule has 18 heavy (non-hydrogen) atoms. The fourth-order valence-electron chi connectivity index (χ4n) is 1.68. The largest absolute Gasteiger partial charge is 0.384 e. The third kappa shape index (κ3) is 4.08. The predicted molar refractivity (Wildman–Crippen MR) is 76.8 cm³/mol. The second-order valence-electron chi connectivity index (χ2n) is 4.10. The lowest BCUT2D eigenvalue weighted by Gasteiger charge is -2.07. The van der Waals surface area contributed by atoms with Crippen LogP contribution in [-0.2, 0) is 0 Å². The van der Waals surface area contributed by atoms with E-state index in [1.807, 2.05) is 12.1 Å². The molecule has 3 heteroatoms. The predicted octanol–water partition coefficient (Wildman–Crippen LogP) is 4.34. The van der Waals surface area contributed by atoms with E-state index in [2.05, 4.69) is 30.4 Å².